The number of amides is 1. The van der Waals surface area contributed by atoms with Gasteiger partial charge < -0.3 is 15.1 Å². The highest BCUT2D eigenvalue weighted by molar-refractivity contribution is 5.97. The topological polar surface area (TPSA) is 60.8 Å². The van der Waals surface area contributed by atoms with Crippen LogP contribution in [0.1, 0.15) is 34.3 Å². The van der Waals surface area contributed by atoms with Crippen LogP contribution in [0.25, 0.3) is 0 Å². The van der Waals surface area contributed by atoms with Crippen molar-refractivity contribution >= 4 is 5.91 Å². The lowest BCUT2D eigenvalue weighted by Crippen LogP contribution is -2.30. The Balaban J connectivity index is 2.26. The number of hydrogen-bond acceptors (Lipinski definition) is 3. The van der Waals surface area contributed by atoms with Crippen LogP contribution >= 0.6 is 0 Å². The van der Waals surface area contributed by atoms with E-state index in [9.17, 15) is 9.90 Å². The molecule has 1 aliphatic rings. The fraction of sp³-hybridized carbons (Fsp3) is 0.438. The number of aliphatic hydroxyl groups is 2. The van der Waals surface area contributed by atoms with Crippen molar-refractivity contribution in [3.8, 4) is 11.8 Å². The fourth-order valence-corrected chi connectivity index (χ4v) is 2.26. The average Bonchev–Trinajstić information content (AvgIpc) is 2.85. The molecule has 1 saturated heterocycles. The molecule has 0 spiro atoms. The highest BCUT2D eigenvalue weighted by Crippen LogP contribution is 2.17. The molecule has 1 heterocycles. The molecule has 1 amide bonds. The Morgan fingerprint density at radius 3 is 2.95 bits per heavy atom. The van der Waals surface area contributed by atoms with E-state index in [1.165, 1.54) is 0 Å². The number of nitrogens with zero attached hydrogens (tertiary/aromatic N) is 1. The molecule has 106 valence electrons. The van der Waals surface area contributed by atoms with Gasteiger partial charge in [-0.1, -0.05) is 17.9 Å². The summed E-state index contributed by atoms with van der Waals surface area (Å²) < 4.78 is 0. The van der Waals surface area contributed by atoms with Gasteiger partial charge in [-0.25, -0.2) is 0 Å². The Hall–Kier alpha value is -1.83. The second-order valence-electron chi connectivity index (χ2n) is 5.02. The Morgan fingerprint density at radius 1 is 1.50 bits per heavy atom. The second-order valence-corrected chi connectivity index (χ2v) is 5.02. The molecule has 20 heavy (non-hydrogen) atoms. The summed E-state index contributed by atoms with van der Waals surface area (Å²) in [6, 6.07) is 5.55. The summed E-state index contributed by atoms with van der Waals surface area (Å²) in [5.74, 6) is 5.72. The molecule has 0 aromatic heterocycles. The third-order valence-corrected chi connectivity index (χ3v) is 3.32. The number of benzene rings is 1. The number of β-amino-alcohol motifs (C(OH)–C–C–N with tert-alkyl or cyclic N) is 1. The first-order valence-electron chi connectivity index (χ1n) is 6.79. The molecule has 1 aromatic rings. The molecule has 2 N–H and O–H groups in total. The molecule has 1 atom stereocenters. The van der Waals surface area contributed by atoms with Gasteiger partial charge in [0.25, 0.3) is 5.91 Å². The van der Waals surface area contributed by atoms with Crippen LogP contribution in [0.4, 0.5) is 0 Å². The second kappa shape index (κ2) is 6.56. The van der Waals surface area contributed by atoms with Crippen LogP contribution in [-0.2, 0) is 0 Å². The summed E-state index contributed by atoms with van der Waals surface area (Å²) in [6.07, 6.45) is 0.598. The lowest BCUT2D eigenvalue weighted by molar-refractivity contribution is 0.0764. The lowest BCUT2D eigenvalue weighted by atomic mass is 10.0. The monoisotopic (exact) mass is 273 g/mol. The smallest absolute Gasteiger partial charge is 0.255 e. The van der Waals surface area contributed by atoms with Gasteiger partial charge in [0.1, 0.15) is 0 Å². The Kier molecular flexibility index (Phi) is 4.78. The summed E-state index contributed by atoms with van der Waals surface area (Å²) in [7, 11) is 0. The maximum Gasteiger partial charge on any atom is 0.255 e. The molecule has 2 rings (SSSR count). The first-order valence-corrected chi connectivity index (χ1v) is 6.79. The van der Waals surface area contributed by atoms with Gasteiger partial charge in [-0.15, -0.1) is 0 Å². The molecule has 0 radical (unpaired) electrons. The minimum Gasteiger partial charge on any atom is -0.395 e. The number of aryl methyl sites for hydroxylation is 1. The summed E-state index contributed by atoms with van der Waals surface area (Å²) in [5, 5.41) is 18.3. The first-order chi connectivity index (χ1) is 9.61. The minimum absolute atomic E-state index is 0.0143. The zero-order valence-electron chi connectivity index (χ0n) is 11.6. The summed E-state index contributed by atoms with van der Waals surface area (Å²) in [5.41, 5.74) is 2.29. The van der Waals surface area contributed by atoms with Crippen LogP contribution in [0.3, 0.4) is 0 Å². The highest BCUT2D eigenvalue weighted by atomic mass is 16.3. The van der Waals surface area contributed by atoms with E-state index in [0.29, 0.717) is 37.1 Å². The van der Waals surface area contributed by atoms with E-state index in [-0.39, 0.29) is 12.5 Å². The predicted molar refractivity (Wildman–Crippen MR) is 76.3 cm³/mol. The summed E-state index contributed by atoms with van der Waals surface area (Å²) >= 11 is 0. The van der Waals surface area contributed by atoms with Crippen LogP contribution in [0.5, 0.6) is 0 Å². The van der Waals surface area contributed by atoms with Gasteiger partial charge in [0.15, 0.2) is 0 Å². The molecule has 0 bridgehead atoms. The lowest BCUT2D eigenvalue weighted by Gasteiger charge is -2.16. The van der Waals surface area contributed by atoms with Crippen molar-refractivity contribution < 1.29 is 15.0 Å². The quantitative estimate of drug-likeness (QED) is 0.788. The van der Waals surface area contributed by atoms with Gasteiger partial charge >= 0.3 is 0 Å². The summed E-state index contributed by atoms with van der Waals surface area (Å²) in [4.78, 5) is 14.1. The molecule has 1 unspecified atom stereocenters. The van der Waals surface area contributed by atoms with E-state index in [0.717, 1.165) is 5.56 Å². The Morgan fingerprint density at radius 2 is 2.30 bits per heavy atom. The SMILES string of the molecule is Cc1ccc(C(=O)N2CCC(O)C2)c(C#CCCO)c1. The van der Waals surface area contributed by atoms with Crippen molar-refractivity contribution in [3.63, 3.8) is 0 Å². The van der Waals surface area contributed by atoms with Crippen molar-refractivity contribution in [3.05, 3.63) is 34.9 Å². The van der Waals surface area contributed by atoms with E-state index >= 15 is 0 Å². The van der Waals surface area contributed by atoms with Gasteiger partial charge in [-0.3, -0.25) is 4.79 Å². The predicted octanol–water partition coefficient (Wildman–Crippen LogP) is 0.936. The average molecular weight is 273 g/mol. The van der Waals surface area contributed by atoms with Gasteiger partial charge in [-0.2, -0.15) is 0 Å². The normalized spacial score (nSPS) is 17.8. The zero-order chi connectivity index (χ0) is 14.5. The van der Waals surface area contributed by atoms with Gasteiger partial charge in [0.05, 0.1) is 18.3 Å². The highest BCUT2D eigenvalue weighted by Gasteiger charge is 2.26. The molecule has 1 fully saturated rings. The zero-order valence-corrected chi connectivity index (χ0v) is 11.6. The Bertz CT molecular complexity index is 557. The van der Waals surface area contributed by atoms with E-state index in [4.69, 9.17) is 5.11 Å². The first kappa shape index (κ1) is 14.6. The van der Waals surface area contributed by atoms with Crippen LogP contribution in [0, 0.1) is 18.8 Å². The fourth-order valence-electron chi connectivity index (χ4n) is 2.26. The van der Waals surface area contributed by atoms with Crippen molar-refractivity contribution in [2.75, 3.05) is 19.7 Å². The molecule has 4 nitrogen and oxygen atoms in total. The third-order valence-electron chi connectivity index (χ3n) is 3.32. The van der Waals surface area contributed by atoms with Crippen molar-refractivity contribution in [1.82, 2.24) is 4.90 Å². The molecule has 1 aliphatic heterocycles. The van der Waals surface area contributed by atoms with E-state index < -0.39 is 6.10 Å². The standard InChI is InChI=1S/C16H19NO3/c1-12-5-6-15(13(10-12)4-2-3-9-18)16(20)17-8-7-14(19)11-17/h5-6,10,14,18-19H,3,7-9,11H2,1H3. The molecule has 0 aliphatic carbocycles. The largest absolute Gasteiger partial charge is 0.395 e. The van der Waals surface area contributed by atoms with Crippen molar-refractivity contribution in [2.24, 2.45) is 0 Å². The van der Waals surface area contributed by atoms with E-state index in [2.05, 4.69) is 11.8 Å². The maximum absolute atomic E-state index is 12.5. The number of hydrogen-bond donors (Lipinski definition) is 2. The molecule has 4 heteroatoms. The van der Waals surface area contributed by atoms with Crippen LogP contribution < -0.4 is 0 Å². The number of likely N-dealkylation sites (tertiary alicyclic amines) is 1. The van der Waals surface area contributed by atoms with Crippen molar-refractivity contribution in [1.29, 1.82) is 0 Å². The number of carbonyl (C=O) groups is 1. The Labute approximate surface area is 119 Å². The molecule has 1 aromatic carbocycles. The number of aliphatic hydroxyl groups excluding tert-OH is 2. The van der Waals surface area contributed by atoms with Crippen molar-refractivity contribution in [2.45, 2.75) is 25.9 Å². The molecular weight excluding hydrogens is 254 g/mol. The number of rotatable bonds is 2. The van der Waals surface area contributed by atoms with Crippen LogP contribution in [-0.4, -0.2) is 46.8 Å². The molecular formula is C16H19NO3. The van der Waals surface area contributed by atoms with Gasteiger partial charge in [-0.05, 0) is 31.0 Å². The summed E-state index contributed by atoms with van der Waals surface area (Å²) in [6.45, 7) is 2.93. The van der Waals surface area contributed by atoms with Crippen LogP contribution in [0.2, 0.25) is 0 Å². The van der Waals surface area contributed by atoms with E-state index in [1.807, 2.05) is 19.1 Å². The molecule has 0 saturated carbocycles. The maximum atomic E-state index is 12.5. The third kappa shape index (κ3) is 3.38. The van der Waals surface area contributed by atoms with E-state index in [1.54, 1.807) is 11.0 Å². The van der Waals surface area contributed by atoms with Gasteiger partial charge in [0.2, 0.25) is 0 Å². The van der Waals surface area contributed by atoms with Crippen LogP contribution in [0.15, 0.2) is 18.2 Å². The van der Waals surface area contributed by atoms with Gasteiger partial charge in [0, 0.05) is 25.1 Å². The number of carbonyl (C=O) groups excluding carboxylic acids is 1. The minimum atomic E-state index is -0.423.